The number of rotatable bonds is 5. The lowest BCUT2D eigenvalue weighted by atomic mass is 10.0. The van der Waals surface area contributed by atoms with E-state index in [1.807, 2.05) is 12.1 Å². The normalized spacial score (nSPS) is 10.4. The third kappa shape index (κ3) is 4.53. The Labute approximate surface area is 125 Å². The molecule has 0 amide bonds. The highest BCUT2D eigenvalue weighted by Crippen LogP contribution is 2.22. The average molecular weight is 282 g/mol. The number of nitrogens with one attached hydrogen (secondary N) is 3. The zero-order valence-corrected chi connectivity index (χ0v) is 12.5. The molecule has 0 spiro atoms. The van der Waals surface area contributed by atoms with Crippen LogP contribution in [0.4, 0.5) is 5.69 Å². The fraction of sp³-hybridized carbons (Fsp3) is 0.235. The first-order valence-corrected chi connectivity index (χ1v) is 7.08. The molecule has 0 bridgehead atoms. The molecule has 5 N–H and O–H groups in total. The van der Waals surface area contributed by atoms with Gasteiger partial charge in [-0.1, -0.05) is 36.4 Å². The molecule has 0 saturated carbocycles. The van der Waals surface area contributed by atoms with Crippen LogP contribution in [-0.2, 0) is 6.54 Å². The van der Waals surface area contributed by atoms with Gasteiger partial charge in [0, 0.05) is 18.3 Å². The molecule has 0 heterocycles. The number of benzene rings is 2. The standard InChI is InChI=1S/C17H22N4/c1-12(2)21-16-9-7-15(8-10-16)14-5-3-13(4-6-14)11-20-17(18)19/h3-10,12,21H,11H2,1-2H3,(H4,18,19,20). The Morgan fingerprint density at radius 1 is 1.00 bits per heavy atom. The molecule has 21 heavy (non-hydrogen) atoms. The molecule has 0 atom stereocenters. The van der Waals surface area contributed by atoms with Crippen LogP contribution in [0.15, 0.2) is 48.5 Å². The lowest BCUT2D eigenvalue weighted by molar-refractivity contribution is 0.897. The minimum atomic E-state index is -0.00711. The van der Waals surface area contributed by atoms with Gasteiger partial charge in [-0.3, -0.25) is 5.41 Å². The van der Waals surface area contributed by atoms with Gasteiger partial charge in [-0.25, -0.2) is 0 Å². The zero-order valence-electron chi connectivity index (χ0n) is 12.5. The van der Waals surface area contributed by atoms with Gasteiger partial charge in [-0.2, -0.15) is 0 Å². The molecule has 0 saturated heterocycles. The Bertz CT molecular complexity index is 585. The maximum atomic E-state index is 7.15. The maximum absolute atomic E-state index is 7.15. The van der Waals surface area contributed by atoms with Crippen molar-refractivity contribution < 1.29 is 0 Å². The molecule has 4 nitrogen and oxygen atoms in total. The predicted molar refractivity (Wildman–Crippen MR) is 89.4 cm³/mol. The highest BCUT2D eigenvalue weighted by molar-refractivity contribution is 5.74. The van der Waals surface area contributed by atoms with Crippen LogP contribution >= 0.6 is 0 Å². The van der Waals surface area contributed by atoms with Crippen molar-refractivity contribution in [1.29, 1.82) is 5.41 Å². The van der Waals surface area contributed by atoms with Crippen LogP contribution in [0.25, 0.3) is 11.1 Å². The summed E-state index contributed by atoms with van der Waals surface area (Å²) in [6, 6.07) is 17.1. The first-order valence-electron chi connectivity index (χ1n) is 7.08. The lowest BCUT2D eigenvalue weighted by Crippen LogP contribution is -2.29. The summed E-state index contributed by atoms with van der Waals surface area (Å²) < 4.78 is 0. The van der Waals surface area contributed by atoms with Crippen molar-refractivity contribution in [3.8, 4) is 11.1 Å². The van der Waals surface area contributed by atoms with Gasteiger partial charge in [0.2, 0.25) is 0 Å². The Morgan fingerprint density at radius 3 is 2.00 bits per heavy atom. The Balaban J connectivity index is 2.06. The molecule has 0 aromatic heterocycles. The second-order valence-corrected chi connectivity index (χ2v) is 5.34. The van der Waals surface area contributed by atoms with Crippen molar-refractivity contribution in [3.63, 3.8) is 0 Å². The van der Waals surface area contributed by atoms with E-state index < -0.39 is 0 Å². The number of hydrogen-bond acceptors (Lipinski definition) is 2. The Hall–Kier alpha value is -2.49. The number of hydrogen-bond donors (Lipinski definition) is 4. The fourth-order valence-electron chi connectivity index (χ4n) is 2.10. The molecule has 0 fully saturated rings. The van der Waals surface area contributed by atoms with E-state index in [1.54, 1.807) is 0 Å². The van der Waals surface area contributed by atoms with E-state index in [4.69, 9.17) is 11.1 Å². The molecule has 0 radical (unpaired) electrons. The summed E-state index contributed by atoms with van der Waals surface area (Å²) in [6.07, 6.45) is 0. The van der Waals surface area contributed by atoms with Gasteiger partial charge in [-0.05, 0) is 42.7 Å². The second kappa shape index (κ2) is 6.79. The molecule has 2 rings (SSSR count). The van der Waals surface area contributed by atoms with Gasteiger partial charge in [-0.15, -0.1) is 0 Å². The van der Waals surface area contributed by atoms with Gasteiger partial charge in [0.25, 0.3) is 0 Å². The average Bonchev–Trinajstić information content (AvgIpc) is 2.46. The van der Waals surface area contributed by atoms with Gasteiger partial charge in [0.1, 0.15) is 0 Å². The van der Waals surface area contributed by atoms with Crippen LogP contribution in [0.2, 0.25) is 0 Å². The summed E-state index contributed by atoms with van der Waals surface area (Å²) >= 11 is 0. The third-order valence-corrected chi connectivity index (χ3v) is 3.11. The van der Waals surface area contributed by atoms with E-state index in [1.165, 1.54) is 11.1 Å². The van der Waals surface area contributed by atoms with E-state index in [0.717, 1.165) is 11.3 Å². The molecule has 0 aliphatic heterocycles. The van der Waals surface area contributed by atoms with Crippen LogP contribution in [0.1, 0.15) is 19.4 Å². The van der Waals surface area contributed by atoms with Crippen molar-refractivity contribution in [1.82, 2.24) is 5.32 Å². The second-order valence-electron chi connectivity index (χ2n) is 5.34. The van der Waals surface area contributed by atoms with Crippen molar-refractivity contribution >= 4 is 11.6 Å². The molecule has 110 valence electrons. The molecule has 2 aromatic carbocycles. The maximum Gasteiger partial charge on any atom is 0.185 e. The smallest absolute Gasteiger partial charge is 0.185 e. The molecule has 0 unspecified atom stereocenters. The van der Waals surface area contributed by atoms with Gasteiger partial charge >= 0.3 is 0 Å². The van der Waals surface area contributed by atoms with Crippen molar-refractivity contribution in [3.05, 3.63) is 54.1 Å². The van der Waals surface area contributed by atoms with Gasteiger partial charge < -0.3 is 16.4 Å². The van der Waals surface area contributed by atoms with E-state index in [-0.39, 0.29) is 5.96 Å². The van der Waals surface area contributed by atoms with Crippen molar-refractivity contribution in [2.45, 2.75) is 26.4 Å². The summed E-state index contributed by atoms with van der Waals surface area (Å²) in [5.41, 5.74) is 9.88. The van der Waals surface area contributed by atoms with Gasteiger partial charge in [0.05, 0.1) is 0 Å². The van der Waals surface area contributed by atoms with Gasteiger partial charge in [0.15, 0.2) is 5.96 Å². The highest BCUT2D eigenvalue weighted by Gasteiger charge is 2.00. The molecule has 0 aliphatic rings. The molecule has 0 aliphatic carbocycles. The van der Waals surface area contributed by atoms with Crippen LogP contribution in [0.5, 0.6) is 0 Å². The first-order chi connectivity index (χ1) is 10.0. The van der Waals surface area contributed by atoms with E-state index in [0.29, 0.717) is 12.6 Å². The summed E-state index contributed by atoms with van der Waals surface area (Å²) in [5, 5.41) is 13.3. The van der Waals surface area contributed by atoms with Crippen molar-refractivity contribution in [2.75, 3.05) is 5.32 Å². The predicted octanol–water partition coefficient (Wildman–Crippen LogP) is 3.16. The first kappa shape index (κ1) is 14.9. The quantitative estimate of drug-likeness (QED) is 0.503. The minimum absolute atomic E-state index is 0.00711. The Morgan fingerprint density at radius 2 is 1.52 bits per heavy atom. The van der Waals surface area contributed by atoms with E-state index in [9.17, 15) is 0 Å². The minimum Gasteiger partial charge on any atom is -0.383 e. The van der Waals surface area contributed by atoms with Crippen molar-refractivity contribution in [2.24, 2.45) is 5.73 Å². The third-order valence-electron chi connectivity index (χ3n) is 3.11. The topological polar surface area (TPSA) is 73.9 Å². The molecule has 4 heteroatoms. The Kier molecular flexibility index (Phi) is 4.82. The summed E-state index contributed by atoms with van der Waals surface area (Å²) in [5.74, 6) is -0.00711. The molecular weight excluding hydrogens is 260 g/mol. The van der Waals surface area contributed by atoms with Crippen LogP contribution < -0.4 is 16.4 Å². The summed E-state index contributed by atoms with van der Waals surface area (Å²) in [7, 11) is 0. The SMILES string of the molecule is CC(C)Nc1ccc(-c2ccc(CNC(=N)N)cc2)cc1. The summed E-state index contributed by atoms with van der Waals surface area (Å²) in [4.78, 5) is 0. The fourth-order valence-corrected chi connectivity index (χ4v) is 2.10. The largest absolute Gasteiger partial charge is 0.383 e. The monoisotopic (exact) mass is 282 g/mol. The highest BCUT2D eigenvalue weighted by atomic mass is 15.0. The van der Waals surface area contributed by atoms with E-state index in [2.05, 4.69) is 60.9 Å². The van der Waals surface area contributed by atoms with Crippen LogP contribution in [0, 0.1) is 5.41 Å². The number of nitrogens with two attached hydrogens (primary N) is 1. The molecular formula is C17H22N4. The van der Waals surface area contributed by atoms with E-state index >= 15 is 0 Å². The summed E-state index contributed by atoms with van der Waals surface area (Å²) in [6.45, 7) is 4.83. The van der Waals surface area contributed by atoms with Crippen LogP contribution in [-0.4, -0.2) is 12.0 Å². The number of guanidine groups is 1. The zero-order chi connectivity index (χ0) is 15.2. The van der Waals surface area contributed by atoms with Crippen LogP contribution in [0.3, 0.4) is 0 Å². The number of anilines is 1. The molecule has 2 aromatic rings. The lowest BCUT2D eigenvalue weighted by Gasteiger charge is -2.11.